The standard InChI is InChI=1S/C27H29N3O7S/c1-19-9-11-21(12-10-19)38(34,35)26(28-25(32)23-8-5-17-36-23)27(33)30-15-13-29(14-16-30)24(31)18-37-22-7-4-3-6-20(22)2/h3-12,17,26H,13-16,18H2,1-2H3,(H,28,32)/t26-/m0/s1. The molecule has 0 bridgehead atoms. The second-order valence-corrected chi connectivity index (χ2v) is 11.0. The smallest absolute Gasteiger partial charge is 0.288 e. The van der Waals surface area contributed by atoms with Crippen LogP contribution in [0.5, 0.6) is 5.75 Å². The molecule has 1 aliphatic rings. The van der Waals surface area contributed by atoms with Crippen LogP contribution in [0, 0.1) is 13.8 Å². The van der Waals surface area contributed by atoms with E-state index in [9.17, 15) is 22.8 Å². The number of furan rings is 1. The van der Waals surface area contributed by atoms with E-state index >= 15 is 0 Å². The molecule has 3 aromatic rings. The Balaban J connectivity index is 1.45. The molecule has 1 aromatic heterocycles. The maximum atomic E-state index is 13.5. The normalized spacial score (nSPS) is 14.6. The summed E-state index contributed by atoms with van der Waals surface area (Å²) in [7, 11) is -4.29. The van der Waals surface area contributed by atoms with E-state index in [0.717, 1.165) is 11.1 Å². The number of ether oxygens (including phenoxy) is 1. The first-order valence-electron chi connectivity index (χ1n) is 12.1. The van der Waals surface area contributed by atoms with Crippen LogP contribution in [0.15, 0.2) is 76.2 Å². The first kappa shape index (κ1) is 26.9. The largest absolute Gasteiger partial charge is 0.484 e. The molecule has 1 N–H and O–H groups in total. The maximum Gasteiger partial charge on any atom is 0.288 e. The lowest BCUT2D eigenvalue weighted by atomic mass is 10.2. The molecule has 11 heteroatoms. The zero-order valence-corrected chi connectivity index (χ0v) is 21.9. The van der Waals surface area contributed by atoms with E-state index in [1.165, 1.54) is 35.4 Å². The van der Waals surface area contributed by atoms with E-state index in [1.54, 1.807) is 23.1 Å². The van der Waals surface area contributed by atoms with Gasteiger partial charge in [0, 0.05) is 26.2 Å². The average Bonchev–Trinajstić information content (AvgIpc) is 3.46. The molecule has 200 valence electrons. The number of benzene rings is 2. The van der Waals surface area contributed by atoms with Gasteiger partial charge >= 0.3 is 0 Å². The van der Waals surface area contributed by atoms with Crippen molar-refractivity contribution in [1.29, 1.82) is 0 Å². The van der Waals surface area contributed by atoms with E-state index in [4.69, 9.17) is 9.15 Å². The highest BCUT2D eigenvalue weighted by Crippen LogP contribution is 2.20. The van der Waals surface area contributed by atoms with Gasteiger partial charge in [-0.2, -0.15) is 0 Å². The van der Waals surface area contributed by atoms with Crippen molar-refractivity contribution in [3.8, 4) is 5.75 Å². The van der Waals surface area contributed by atoms with Gasteiger partial charge in [0.15, 0.2) is 12.4 Å². The summed E-state index contributed by atoms with van der Waals surface area (Å²) in [5, 5.41) is 0.469. The van der Waals surface area contributed by atoms with Crippen molar-refractivity contribution in [1.82, 2.24) is 15.1 Å². The third kappa shape index (κ3) is 6.05. The number of para-hydroxylation sites is 1. The highest BCUT2D eigenvalue weighted by atomic mass is 32.2. The fourth-order valence-corrected chi connectivity index (χ4v) is 5.49. The Hall–Kier alpha value is -4.12. The molecule has 0 aliphatic carbocycles. The van der Waals surface area contributed by atoms with E-state index < -0.39 is 27.0 Å². The fraction of sp³-hybridized carbons (Fsp3) is 0.296. The minimum Gasteiger partial charge on any atom is -0.484 e. The van der Waals surface area contributed by atoms with Crippen molar-refractivity contribution in [2.45, 2.75) is 24.1 Å². The number of piperazine rings is 1. The quantitative estimate of drug-likeness (QED) is 0.465. The number of carbonyl (C=O) groups is 3. The Morgan fingerprint density at radius 2 is 1.58 bits per heavy atom. The van der Waals surface area contributed by atoms with Gasteiger partial charge < -0.3 is 24.3 Å². The number of aryl methyl sites for hydroxylation is 2. The minimum atomic E-state index is -4.29. The van der Waals surface area contributed by atoms with Crippen molar-refractivity contribution in [3.63, 3.8) is 0 Å². The molecule has 1 atom stereocenters. The van der Waals surface area contributed by atoms with Gasteiger partial charge in [-0.05, 0) is 49.7 Å². The molecule has 0 radical (unpaired) electrons. The van der Waals surface area contributed by atoms with Crippen molar-refractivity contribution in [2.75, 3.05) is 32.8 Å². The van der Waals surface area contributed by atoms with Gasteiger partial charge in [0.25, 0.3) is 17.7 Å². The molecule has 0 spiro atoms. The summed E-state index contributed by atoms with van der Waals surface area (Å²) in [6, 6.07) is 16.3. The zero-order valence-electron chi connectivity index (χ0n) is 21.1. The Morgan fingerprint density at radius 1 is 0.921 bits per heavy atom. The summed E-state index contributed by atoms with van der Waals surface area (Å²) in [6.45, 7) is 4.15. The van der Waals surface area contributed by atoms with Crippen LogP contribution in [0.25, 0.3) is 0 Å². The summed E-state index contributed by atoms with van der Waals surface area (Å²) in [5.41, 5.74) is 1.76. The van der Waals surface area contributed by atoms with Crippen LogP contribution in [0.4, 0.5) is 0 Å². The molecule has 2 heterocycles. The monoisotopic (exact) mass is 539 g/mol. The van der Waals surface area contributed by atoms with Gasteiger partial charge in [0.2, 0.25) is 15.2 Å². The van der Waals surface area contributed by atoms with Gasteiger partial charge in [-0.3, -0.25) is 14.4 Å². The number of nitrogens with zero attached hydrogens (tertiary/aromatic N) is 2. The number of carbonyl (C=O) groups excluding carboxylic acids is 3. The van der Waals surface area contributed by atoms with Crippen molar-refractivity contribution in [3.05, 3.63) is 83.8 Å². The summed E-state index contributed by atoms with van der Waals surface area (Å²) < 4.78 is 37.7. The molecule has 3 amide bonds. The molecule has 2 aromatic carbocycles. The summed E-state index contributed by atoms with van der Waals surface area (Å²) in [5.74, 6) is -1.35. The fourth-order valence-electron chi connectivity index (χ4n) is 4.03. The lowest BCUT2D eigenvalue weighted by Crippen LogP contribution is -2.58. The van der Waals surface area contributed by atoms with Crippen LogP contribution < -0.4 is 10.1 Å². The van der Waals surface area contributed by atoms with Crippen molar-refractivity contribution < 1.29 is 32.0 Å². The molecule has 0 unspecified atom stereocenters. The second-order valence-electron chi connectivity index (χ2n) is 8.95. The number of hydrogen-bond acceptors (Lipinski definition) is 7. The predicted octanol–water partition coefficient (Wildman–Crippen LogP) is 2.18. The van der Waals surface area contributed by atoms with Crippen molar-refractivity contribution >= 4 is 27.6 Å². The number of nitrogens with one attached hydrogen (secondary N) is 1. The van der Waals surface area contributed by atoms with Crippen molar-refractivity contribution in [2.24, 2.45) is 0 Å². The lowest BCUT2D eigenvalue weighted by molar-refractivity contribution is -0.140. The van der Waals surface area contributed by atoms with E-state index in [2.05, 4.69) is 5.32 Å². The molecular formula is C27H29N3O7S. The molecule has 10 nitrogen and oxygen atoms in total. The highest BCUT2D eigenvalue weighted by Gasteiger charge is 2.40. The number of amides is 3. The molecule has 0 saturated carbocycles. The first-order chi connectivity index (χ1) is 18.2. The third-order valence-corrected chi connectivity index (χ3v) is 8.15. The van der Waals surface area contributed by atoms with E-state index in [1.807, 2.05) is 32.0 Å². The lowest BCUT2D eigenvalue weighted by Gasteiger charge is -2.36. The third-order valence-electron chi connectivity index (χ3n) is 6.28. The molecular weight excluding hydrogens is 510 g/mol. The average molecular weight is 540 g/mol. The summed E-state index contributed by atoms with van der Waals surface area (Å²) in [4.78, 5) is 41.7. The Labute approximate surface area is 221 Å². The van der Waals surface area contributed by atoms with Gasteiger partial charge in [0.1, 0.15) is 5.75 Å². The van der Waals surface area contributed by atoms with E-state index in [0.29, 0.717) is 5.75 Å². The topological polar surface area (TPSA) is 126 Å². The Kier molecular flexibility index (Phi) is 8.16. The van der Waals surface area contributed by atoms with Crippen LogP contribution >= 0.6 is 0 Å². The number of rotatable bonds is 8. The Morgan fingerprint density at radius 3 is 2.21 bits per heavy atom. The summed E-state index contributed by atoms with van der Waals surface area (Å²) >= 11 is 0. The SMILES string of the molecule is Cc1ccc(S(=O)(=O)[C@H](NC(=O)c2ccco2)C(=O)N2CCN(C(=O)COc3ccccc3C)CC2)cc1. The number of hydrogen-bond donors (Lipinski definition) is 1. The molecule has 1 fully saturated rings. The van der Waals surface area contributed by atoms with E-state index in [-0.39, 0.29) is 49.3 Å². The van der Waals surface area contributed by atoms with Gasteiger partial charge in [-0.15, -0.1) is 0 Å². The Bertz CT molecular complexity index is 1390. The second kappa shape index (κ2) is 11.5. The predicted molar refractivity (Wildman–Crippen MR) is 138 cm³/mol. The molecule has 4 rings (SSSR count). The zero-order chi connectivity index (χ0) is 27.3. The number of sulfone groups is 1. The summed E-state index contributed by atoms with van der Waals surface area (Å²) in [6.07, 6.45) is 1.28. The minimum absolute atomic E-state index is 0.0941. The van der Waals surface area contributed by atoms with Crippen LogP contribution in [-0.4, -0.2) is 74.1 Å². The van der Waals surface area contributed by atoms with Gasteiger partial charge in [-0.25, -0.2) is 8.42 Å². The molecule has 1 aliphatic heterocycles. The molecule has 1 saturated heterocycles. The molecule has 38 heavy (non-hydrogen) atoms. The van der Waals surface area contributed by atoms with Gasteiger partial charge in [-0.1, -0.05) is 35.9 Å². The van der Waals surface area contributed by atoms with Crippen LogP contribution in [0.3, 0.4) is 0 Å². The van der Waals surface area contributed by atoms with Crippen LogP contribution in [-0.2, 0) is 19.4 Å². The highest BCUT2D eigenvalue weighted by molar-refractivity contribution is 7.92. The van der Waals surface area contributed by atoms with Crippen LogP contribution in [0.2, 0.25) is 0 Å². The first-order valence-corrected chi connectivity index (χ1v) is 13.6. The van der Waals surface area contributed by atoms with Gasteiger partial charge in [0.05, 0.1) is 11.2 Å². The maximum absolute atomic E-state index is 13.5. The van der Waals surface area contributed by atoms with Crippen LogP contribution in [0.1, 0.15) is 21.7 Å².